The van der Waals surface area contributed by atoms with Gasteiger partial charge in [-0.1, -0.05) is 96.8 Å². The number of rotatable bonds is 20. The Labute approximate surface area is 218 Å². The molecule has 0 aromatic rings. The van der Waals surface area contributed by atoms with E-state index in [1.165, 1.54) is 89.9 Å². The molecule has 0 bridgehead atoms. The highest BCUT2D eigenvalue weighted by Crippen LogP contribution is 2.14. The number of likely N-dealkylation sites (tertiary alicyclic amines) is 1. The molecule has 0 aromatic heterocycles. The summed E-state index contributed by atoms with van der Waals surface area (Å²) in [5.41, 5.74) is 0. The highest BCUT2D eigenvalue weighted by molar-refractivity contribution is 5.85. The fourth-order valence-corrected chi connectivity index (χ4v) is 4.18. The Kier molecular flexibility index (Phi) is 27.9. The molecular formula is C28H58ClN3O2. The third-order valence-electron chi connectivity index (χ3n) is 6.11. The first kappa shape index (κ1) is 35.4. The largest absolute Gasteiger partial charge is 0.356 e. The second-order valence-electron chi connectivity index (χ2n) is 10.2. The zero-order valence-corrected chi connectivity index (χ0v) is 24.0. The zero-order valence-electron chi connectivity index (χ0n) is 23.2. The van der Waals surface area contributed by atoms with Gasteiger partial charge in [-0.15, -0.1) is 12.4 Å². The summed E-state index contributed by atoms with van der Waals surface area (Å²) in [5, 5.41) is 2.99. The van der Waals surface area contributed by atoms with Gasteiger partial charge < -0.3 is 15.1 Å². The minimum atomic E-state index is 0. The van der Waals surface area contributed by atoms with Crippen LogP contribution in [0.4, 0.5) is 0 Å². The molecular weight excluding hydrogens is 446 g/mol. The minimum Gasteiger partial charge on any atom is -0.356 e. The van der Waals surface area contributed by atoms with Crippen LogP contribution in [0.15, 0.2) is 0 Å². The number of unbranched alkanes of at least 4 members (excludes halogenated alkanes) is 14. The number of carbonyl (C=O) groups is 2. The molecule has 204 valence electrons. The zero-order chi connectivity index (χ0) is 24.6. The van der Waals surface area contributed by atoms with Crippen molar-refractivity contribution in [2.75, 3.05) is 40.8 Å². The van der Waals surface area contributed by atoms with Gasteiger partial charge in [0.1, 0.15) is 0 Å². The average Bonchev–Trinajstić information content (AvgIpc) is 3.18. The summed E-state index contributed by atoms with van der Waals surface area (Å²) >= 11 is 0. The van der Waals surface area contributed by atoms with E-state index in [-0.39, 0.29) is 24.2 Å². The Bertz CT molecular complexity index is 458. The molecule has 2 amide bonds. The van der Waals surface area contributed by atoms with Crippen LogP contribution in [0.5, 0.6) is 0 Å². The molecule has 0 aliphatic carbocycles. The monoisotopic (exact) mass is 503 g/mol. The van der Waals surface area contributed by atoms with E-state index in [2.05, 4.69) is 12.2 Å². The van der Waals surface area contributed by atoms with Crippen molar-refractivity contribution >= 4 is 24.2 Å². The molecule has 34 heavy (non-hydrogen) atoms. The van der Waals surface area contributed by atoms with E-state index in [9.17, 15) is 9.59 Å². The number of halogens is 1. The molecule has 1 rings (SSSR count). The first-order valence-corrected chi connectivity index (χ1v) is 14.1. The van der Waals surface area contributed by atoms with Crippen LogP contribution in [0.1, 0.15) is 129 Å². The molecule has 6 heteroatoms. The van der Waals surface area contributed by atoms with E-state index in [1.54, 1.807) is 0 Å². The quantitative estimate of drug-likeness (QED) is 0.182. The molecule has 0 atom stereocenters. The van der Waals surface area contributed by atoms with Crippen molar-refractivity contribution in [3.63, 3.8) is 0 Å². The highest BCUT2D eigenvalue weighted by atomic mass is 35.5. The fraction of sp³-hybridized carbons (Fsp3) is 0.929. The normalized spacial score (nSPS) is 13.0. The molecule has 0 unspecified atom stereocenters. The van der Waals surface area contributed by atoms with Crippen molar-refractivity contribution in [2.24, 2.45) is 0 Å². The standard InChI is InChI=1S/C25H48N2O2.C3H9N.ClH/c1-2-3-4-5-6-7-8-9-10-11-12-13-14-15-16-19-24(28)26-21-18-23-27-22-17-20-25(27)29;1-4(2)3;/h2-23H2,1H3,(H,26,28);1-3H3;1H. The minimum absolute atomic E-state index is 0. The third-order valence-corrected chi connectivity index (χ3v) is 6.11. The van der Waals surface area contributed by atoms with Gasteiger partial charge in [-0.25, -0.2) is 0 Å². The van der Waals surface area contributed by atoms with Crippen LogP contribution < -0.4 is 5.32 Å². The Morgan fingerprint density at radius 1 is 0.794 bits per heavy atom. The summed E-state index contributed by atoms with van der Waals surface area (Å²) in [7, 11) is 6.00. The van der Waals surface area contributed by atoms with Crippen LogP contribution in [-0.4, -0.2) is 62.4 Å². The number of carbonyl (C=O) groups excluding carboxylic acids is 2. The Morgan fingerprint density at radius 3 is 1.65 bits per heavy atom. The molecule has 0 saturated carbocycles. The van der Waals surface area contributed by atoms with E-state index in [0.717, 1.165) is 32.4 Å². The number of nitrogens with zero attached hydrogens (tertiary/aromatic N) is 2. The Morgan fingerprint density at radius 2 is 1.24 bits per heavy atom. The molecule has 1 fully saturated rings. The lowest BCUT2D eigenvalue weighted by molar-refractivity contribution is -0.127. The second-order valence-corrected chi connectivity index (χ2v) is 10.2. The number of amides is 2. The maximum atomic E-state index is 11.8. The number of hydrogen-bond acceptors (Lipinski definition) is 3. The summed E-state index contributed by atoms with van der Waals surface area (Å²) in [5.74, 6) is 0.446. The van der Waals surface area contributed by atoms with Crippen molar-refractivity contribution in [2.45, 2.75) is 129 Å². The number of nitrogens with one attached hydrogen (secondary N) is 1. The second kappa shape index (κ2) is 26.8. The predicted molar refractivity (Wildman–Crippen MR) is 150 cm³/mol. The van der Waals surface area contributed by atoms with Crippen molar-refractivity contribution in [1.82, 2.24) is 15.1 Å². The van der Waals surface area contributed by atoms with Crippen LogP contribution in [0.2, 0.25) is 0 Å². The van der Waals surface area contributed by atoms with Crippen LogP contribution >= 0.6 is 12.4 Å². The third kappa shape index (κ3) is 25.8. The predicted octanol–water partition coefficient (Wildman–Crippen LogP) is 6.98. The molecule has 0 radical (unpaired) electrons. The molecule has 1 aliphatic rings. The van der Waals surface area contributed by atoms with Gasteiger partial charge in [0, 0.05) is 32.5 Å². The van der Waals surface area contributed by atoms with Crippen LogP contribution in [0.25, 0.3) is 0 Å². The van der Waals surface area contributed by atoms with Crippen molar-refractivity contribution < 1.29 is 9.59 Å². The number of hydrogen-bond donors (Lipinski definition) is 1. The van der Waals surface area contributed by atoms with E-state index in [1.807, 2.05) is 30.9 Å². The van der Waals surface area contributed by atoms with Crippen LogP contribution in [0.3, 0.4) is 0 Å². The van der Waals surface area contributed by atoms with Crippen LogP contribution in [0, 0.1) is 0 Å². The smallest absolute Gasteiger partial charge is 0.222 e. The van der Waals surface area contributed by atoms with E-state index in [0.29, 0.717) is 19.4 Å². The Balaban J connectivity index is 0. The van der Waals surface area contributed by atoms with Gasteiger partial charge in [0.25, 0.3) is 0 Å². The van der Waals surface area contributed by atoms with Gasteiger partial charge in [-0.05, 0) is 40.4 Å². The van der Waals surface area contributed by atoms with Gasteiger partial charge in [0.2, 0.25) is 11.8 Å². The molecule has 1 heterocycles. The van der Waals surface area contributed by atoms with Gasteiger partial charge >= 0.3 is 0 Å². The van der Waals surface area contributed by atoms with Gasteiger partial charge in [-0.3, -0.25) is 9.59 Å². The summed E-state index contributed by atoms with van der Waals surface area (Å²) in [6.45, 7) is 4.66. The molecule has 1 N–H and O–H groups in total. The summed E-state index contributed by atoms with van der Waals surface area (Å²) in [6, 6.07) is 0. The fourth-order valence-electron chi connectivity index (χ4n) is 4.18. The van der Waals surface area contributed by atoms with Gasteiger partial charge in [-0.2, -0.15) is 0 Å². The topological polar surface area (TPSA) is 52.7 Å². The first-order chi connectivity index (χ1) is 16.0. The molecule has 5 nitrogen and oxygen atoms in total. The first-order valence-electron chi connectivity index (χ1n) is 14.1. The van der Waals surface area contributed by atoms with E-state index in [4.69, 9.17) is 0 Å². The summed E-state index contributed by atoms with van der Waals surface area (Å²) < 4.78 is 0. The average molecular weight is 504 g/mol. The molecule has 1 aliphatic heterocycles. The molecule has 0 aromatic carbocycles. The van der Waals surface area contributed by atoms with Crippen molar-refractivity contribution in [3.8, 4) is 0 Å². The van der Waals surface area contributed by atoms with Crippen LogP contribution in [-0.2, 0) is 9.59 Å². The lowest BCUT2D eigenvalue weighted by Crippen LogP contribution is -2.30. The van der Waals surface area contributed by atoms with E-state index < -0.39 is 0 Å². The maximum absolute atomic E-state index is 11.8. The van der Waals surface area contributed by atoms with E-state index >= 15 is 0 Å². The SMILES string of the molecule is CCCCCCCCCCCCCCCCCC(=O)NCCCN1CCCC1=O.CN(C)C.Cl. The lowest BCUT2D eigenvalue weighted by atomic mass is 10.0. The van der Waals surface area contributed by atoms with Crippen molar-refractivity contribution in [3.05, 3.63) is 0 Å². The summed E-state index contributed by atoms with van der Waals surface area (Å²) in [6.07, 6.45) is 23.5. The molecule has 0 spiro atoms. The lowest BCUT2D eigenvalue weighted by Gasteiger charge is -2.15. The van der Waals surface area contributed by atoms with Gasteiger partial charge in [0.05, 0.1) is 0 Å². The highest BCUT2D eigenvalue weighted by Gasteiger charge is 2.18. The molecule has 1 saturated heterocycles. The van der Waals surface area contributed by atoms with Gasteiger partial charge in [0.15, 0.2) is 0 Å². The van der Waals surface area contributed by atoms with Crippen molar-refractivity contribution in [1.29, 1.82) is 0 Å². The summed E-state index contributed by atoms with van der Waals surface area (Å²) in [4.78, 5) is 27.3. The maximum Gasteiger partial charge on any atom is 0.222 e. The Hall–Kier alpha value is -0.810.